The number of rotatable bonds is 6. The SMILES string of the molecule is Cc1cccc(OC[C@H](O)CN2C(=O)N[C@](C)(c3ccc4c(c3)OCO4)C2=O)c1. The molecule has 2 N–H and O–H groups in total. The van der Waals surface area contributed by atoms with Crippen LogP contribution in [0.5, 0.6) is 17.2 Å². The predicted octanol–water partition coefficient (Wildman–Crippen LogP) is 1.93. The Kier molecular flexibility index (Phi) is 4.79. The molecule has 4 rings (SSSR count). The predicted molar refractivity (Wildman–Crippen MR) is 103 cm³/mol. The number of β-amino-alcohol motifs (C(OH)–C–C–N with tert-alkyl or cyclic N) is 1. The van der Waals surface area contributed by atoms with E-state index in [9.17, 15) is 14.7 Å². The van der Waals surface area contributed by atoms with Gasteiger partial charge in [0.15, 0.2) is 11.5 Å². The van der Waals surface area contributed by atoms with E-state index in [1.807, 2.05) is 25.1 Å². The van der Waals surface area contributed by atoms with Crippen molar-refractivity contribution < 1.29 is 28.9 Å². The van der Waals surface area contributed by atoms with Crippen molar-refractivity contribution >= 4 is 11.9 Å². The maximum Gasteiger partial charge on any atom is 0.325 e. The molecule has 8 nitrogen and oxygen atoms in total. The molecule has 0 radical (unpaired) electrons. The van der Waals surface area contributed by atoms with E-state index >= 15 is 0 Å². The third-order valence-corrected chi connectivity index (χ3v) is 5.05. The average Bonchev–Trinajstić information content (AvgIpc) is 3.25. The van der Waals surface area contributed by atoms with Gasteiger partial charge in [-0.05, 0) is 49.2 Å². The molecule has 0 aliphatic carbocycles. The first kappa shape index (κ1) is 19.1. The molecule has 2 heterocycles. The fourth-order valence-electron chi connectivity index (χ4n) is 3.43. The van der Waals surface area contributed by atoms with Crippen LogP contribution in [-0.2, 0) is 10.3 Å². The van der Waals surface area contributed by atoms with Crippen molar-refractivity contribution in [2.24, 2.45) is 0 Å². The zero-order valence-corrected chi connectivity index (χ0v) is 16.2. The summed E-state index contributed by atoms with van der Waals surface area (Å²) < 4.78 is 16.2. The van der Waals surface area contributed by atoms with E-state index in [0.29, 0.717) is 22.8 Å². The highest BCUT2D eigenvalue weighted by Gasteiger charge is 2.49. The number of hydrogen-bond acceptors (Lipinski definition) is 6. The Morgan fingerprint density at radius 2 is 2.00 bits per heavy atom. The van der Waals surface area contributed by atoms with Crippen molar-refractivity contribution in [3.05, 3.63) is 53.6 Å². The Morgan fingerprint density at radius 1 is 1.21 bits per heavy atom. The second-order valence-corrected chi connectivity index (χ2v) is 7.32. The number of carbonyl (C=O) groups excluding carboxylic acids is 2. The van der Waals surface area contributed by atoms with Crippen LogP contribution in [0, 0.1) is 6.92 Å². The molecule has 0 saturated carbocycles. The van der Waals surface area contributed by atoms with Gasteiger partial charge in [0.25, 0.3) is 5.91 Å². The van der Waals surface area contributed by atoms with Crippen molar-refractivity contribution in [3.63, 3.8) is 0 Å². The summed E-state index contributed by atoms with van der Waals surface area (Å²) in [4.78, 5) is 26.5. The number of imide groups is 1. The smallest absolute Gasteiger partial charge is 0.325 e. The van der Waals surface area contributed by atoms with Crippen LogP contribution in [0.3, 0.4) is 0 Å². The topological polar surface area (TPSA) is 97.3 Å². The van der Waals surface area contributed by atoms with E-state index in [1.54, 1.807) is 31.2 Å². The van der Waals surface area contributed by atoms with Gasteiger partial charge in [-0.2, -0.15) is 0 Å². The standard InChI is InChI=1S/C21H22N2O6/c1-13-4-3-5-16(8-13)27-11-15(24)10-23-19(25)21(2,22-20(23)26)14-6-7-17-18(9-14)29-12-28-17/h3-9,15,24H,10-12H2,1-2H3,(H,22,26)/t15-,21-/m1/s1. The summed E-state index contributed by atoms with van der Waals surface area (Å²) in [6.07, 6.45) is -1.02. The van der Waals surface area contributed by atoms with E-state index in [1.165, 1.54) is 0 Å². The molecule has 152 valence electrons. The van der Waals surface area contributed by atoms with Gasteiger partial charge in [0, 0.05) is 0 Å². The molecule has 8 heteroatoms. The van der Waals surface area contributed by atoms with E-state index in [4.69, 9.17) is 14.2 Å². The van der Waals surface area contributed by atoms with Crippen LogP contribution in [0.2, 0.25) is 0 Å². The lowest BCUT2D eigenvalue weighted by Gasteiger charge is -2.23. The van der Waals surface area contributed by atoms with E-state index in [0.717, 1.165) is 10.5 Å². The van der Waals surface area contributed by atoms with Crippen molar-refractivity contribution in [2.45, 2.75) is 25.5 Å². The van der Waals surface area contributed by atoms with Crippen LogP contribution in [0.1, 0.15) is 18.1 Å². The molecule has 2 atom stereocenters. The number of fused-ring (bicyclic) bond motifs is 1. The minimum absolute atomic E-state index is 0.0404. The molecule has 3 amide bonds. The van der Waals surface area contributed by atoms with Crippen LogP contribution in [-0.4, -0.2) is 48.0 Å². The average molecular weight is 398 g/mol. The molecular formula is C21H22N2O6. The third-order valence-electron chi connectivity index (χ3n) is 5.05. The summed E-state index contributed by atoms with van der Waals surface area (Å²) >= 11 is 0. The normalized spacial score (nSPS) is 21.3. The number of aryl methyl sites for hydroxylation is 1. The van der Waals surface area contributed by atoms with Gasteiger partial charge in [0.1, 0.15) is 24.0 Å². The van der Waals surface area contributed by atoms with Crippen molar-refractivity contribution in [3.8, 4) is 17.2 Å². The lowest BCUT2D eigenvalue weighted by Crippen LogP contribution is -2.42. The maximum atomic E-state index is 13.0. The minimum atomic E-state index is -1.25. The lowest BCUT2D eigenvalue weighted by atomic mass is 9.91. The molecule has 1 saturated heterocycles. The number of aliphatic hydroxyl groups is 1. The number of nitrogens with one attached hydrogen (secondary N) is 1. The quantitative estimate of drug-likeness (QED) is 0.722. The largest absolute Gasteiger partial charge is 0.491 e. The molecule has 0 bridgehead atoms. The molecule has 2 aliphatic rings. The summed E-state index contributed by atoms with van der Waals surface area (Å²) in [5.41, 5.74) is 0.355. The third kappa shape index (κ3) is 3.58. The number of benzene rings is 2. The summed E-state index contributed by atoms with van der Waals surface area (Å²) in [6, 6.07) is 12.0. The number of amides is 3. The van der Waals surface area contributed by atoms with E-state index < -0.39 is 23.6 Å². The van der Waals surface area contributed by atoms with Crippen LogP contribution in [0.25, 0.3) is 0 Å². The Labute approximate surface area is 168 Å². The van der Waals surface area contributed by atoms with Crippen molar-refractivity contribution in [2.75, 3.05) is 19.9 Å². The monoisotopic (exact) mass is 398 g/mol. The van der Waals surface area contributed by atoms with Gasteiger partial charge in [-0.1, -0.05) is 18.2 Å². The molecule has 1 fully saturated rings. The number of nitrogens with zero attached hydrogens (tertiary/aromatic N) is 1. The zero-order chi connectivity index (χ0) is 20.6. The maximum absolute atomic E-state index is 13.0. The second-order valence-electron chi connectivity index (χ2n) is 7.32. The van der Waals surface area contributed by atoms with Crippen LogP contribution < -0.4 is 19.5 Å². The van der Waals surface area contributed by atoms with E-state index in [2.05, 4.69) is 5.32 Å². The number of ether oxygens (including phenoxy) is 3. The van der Waals surface area contributed by atoms with Gasteiger partial charge in [-0.15, -0.1) is 0 Å². The summed E-state index contributed by atoms with van der Waals surface area (Å²) in [6.45, 7) is 3.47. The van der Waals surface area contributed by atoms with Crippen LogP contribution in [0.15, 0.2) is 42.5 Å². The van der Waals surface area contributed by atoms with Gasteiger partial charge in [-0.25, -0.2) is 4.79 Å². The molecular weight excluding hydrogens is 376 g/mol. The Balaban J connectivity index is 1.43. The summed E-state index contributed by atoms with van der Waals surface area (Å²) in [5, 5.41) is 13.0. The van der Waals surface area contributed by atoms with Crippen molar-refractivity contribution in [1.82, 2.24) is 10.2 Å². The molecule has 2 aliphatic heterocycles. The van der Waals surface area contributed by atoms with Gasteiger partial charge in [-0.3, -0.25) is 9.69 Å². The van der Waals surface area contributed by atoms with Crippen LogP contribution >= 0.6 is 0 Å². The highest BCUT2D eigenvalue weighted by molar-refractivity contribution is 6.07. The summed E-state index contributed by atoms with van der Waals surface area (Å²) in [5.74, 6) is 1.29. The summed E-state index contributed by atoms with van der Waals surface area (Å²) in [7, 11) is 0. The first-order valence-electron chi connectivity index (χ1n) is 9.28. The number of urea groups is 1. The Hall–Kier alpha value is -3.26. The molecule has 2 aromatic carbocycles. The van der Waals surface area contributed by atoms with Gasteiger partial charge >= 0.3 is 6.03 Å². The molecule has 0 aromatic heterocycles. The minimum Gasteiger partial charge on any atom is -0.491 e. The molecule has 0 spiro atoms. The fourth-order valence-corrected chi connectivity index (χ4v) is 3.43. The Morgan fingerprint density at radius 3 is 2.79 bits per heavy atom. The van der Waals surface area contributed by atoms with Gasteiger partial charge < -0.3 is 24.6 Å². The molecule has 0 unspecified atom stereocenters. The first-order valence-corrected chi connectivity index (χ1v) is 9.28. The van der Waals surface area contributed by atoms with Crippen molar-refractivity contribution in [1.29, 1.82) is 0 Å². The fraction of sp³-hybridized carbons (Fsp3) is 0.333. The van der Waals surface area contributed by atoms with Gasteiger partial charge in [0.2, 0.25) is 6.79 Å². The molecule has 2 aromatic rings. The van der Waals surface area contributed by atoms with E-state index in [-0.39, 0.29) is 19.9 Å². The second kappa shape index (κ2) is 7.29. The number of hydrogen-bond donors (Lipinski definition) is 2. The van der Waals surface area contributed by atoms with Gasteiger partial charge in [0.05, 0.1) is 6.54 Å². The number of aliphatic hydroxyl groups excluding tert-OH is 1. The van der Waals surface area contributed by atoms with Crippen LogP contribution in [0.4, 0.5) is 4.79 Å². The number of carbonyl (C=O) groups is 2. The lowest BCUT2D eigenvalue weighted by molar-refractivity contribution is -0.132. The highest BCUT2D eigenvalue weighted by atomic mass is 16.7. The zero-order valence-electron chi connectivity index (χ0n) is 16.2. The highest BCUT2D eigenvalue weighted by Crippen LogP contribution is 2.37. The molecule has 29 heavy (non-hydrogen) atoms. The first-order chi connectivity index (χ1) is 13.9. The Bertz CT molecular complexity index is 962.